The molecule has 1 N–H and O–H groups in total. The molecule has 2 heterocycles. The van der Waals surface area contributed by atoms with Crippen molar-refractivity contribution in [2.24, 2.45) is 0 Å². The fourth-order valence-corrected chi connectivity index (χ4v) is 2.51. The third kappa shape index (κ3) is 3.56. The summed E-state index contributed by atoms with van der Waals surface area (Å²) >= 11 is 3.56. The second kappa shape index (κ2) is 6.65. The van der Waals surface area contributed by atoms with Gasteiger partial charge in [0.2, 0.25) is 0 Å². The van der Waals surface area contributed by atoms with Gasteiger partial charge in [-0.3, -0.25) is 0 Å². The molecule has 0 fully saturated rings. The number of benzene rings is 1. The zero-order valence-corrected chi connectivity index (χ0v) is 13.0. The zero-order valence-electron chi connectivity index (χ0n) is 11.4. The maximum atomic E-state index is 4.33. The standard InChI is InChI=1S/C16H15BrN4/c17-15-5-2-1-4-14(15)12-18-11-13-6-8-19-16(10-13)21-9-3-7-20-21/h1-10,18H,11-12H2. The van der Waals surface area contributed by atoms with Crippen LogP contribution in [-0.4, -0.2) is 14.8 Å². The molecule has 106 valence electrons. The molecule has 5 heteroatoms. The zero-order chi connectivity index (χ0) is 14.5. The van der Waals surface area contributed by atoms with Crippen molar-refractivity contribution in [2.45, 2.75) is 13.1 Å². The van der Waals surface area contributed by atoms with Gasteiger partial charge in [-0.1, -0.05) is 34.1 Å². The Morgan fingerprint density at radius 2 is 1.95 bits per heavy atom. The Morgan fingerprint density at radius 3 is 2.76 bits per heavy atom. The molecule has 0 atom stereocenters. The molecule has 0 aliphatic heterocycles. The van der Waals surface area contributed by atoms with E-state index in [9.17, 15) is 0 Å². The number of pyridine rings is 1. The summed E-state index contributed by atoms with van der Waals surface area (Å²) in [6.45, 7) is 1.61. The van der Waals surface area contributed by atoms with Crippen LogP contribution in [0, 0.1) is 0 Å². The minimum absolute atomic E-state index is 0.790. The lowest BCUT2D eigenvalue weighted by Gasteiger charge is -2.08. The normalized spacial score (nSPS) is 10.7. The molecule has 1 aromatic carbocycles. The van der Waals surface area contributed by atoms with Crippen LogP contribution in [0.3, 0.4) is 0 Å². The van der Waals surface area contributed by atoms with Crippen molar-refractivity contribution >= 4 is 15.9 Å². The van der Waals surface area contributed by atoms with E-state index < -0.39 is 0 Å². The van der Waals surface area contributed by atoms with Crippen LogP contribution in [0.5, 0.6) is 0 Å². The summed E-state index contributed by atoms with van der Waals surface area (Å²) in [6.07, 6.45) is 5.45. The van der Waals surface area contributed by atoms with Crippen molar-refractivity contribution in [1.82, 2.24) is 20.1 Å². The average molecular weight is 343 g/mol. The number of nitrogens with zero attached hydrogens (tertiary/aromatic N) is 3. The molecule has 3 rings (SSSR count). The minimum atomic E-state index is 0.790. The van der Waals surface area contributed by atoms with Crippen LogP contribution in [0.1, 0.15) is 11.1 Å². The third-order valence-electron chi connectivity index (χ3n) is 3.15. The van der Waals surface area contributed by atoms with E-state index in [0.717, 1.165) is 23.4 Å². The van der Waals surface area contributed by atoms with Crippen molar-refractivity contribution in [1.29, 1.82) is 0 Å². The minimum Gasteiger partial charge on any atom is -0.309 e. The highest BCUT2D eigenvalue weighted by molar-refractivity contribution is 9.10. The van der Waals surface area contributed by atoms with Gasteiger partial charge < -0.3 is 5.32 Å². The van der Waals surface area contributed by atoms with Gasteiger partial charge in [-0.05, 0) is 35.4 Å². The van der Waals surface area contributed by atoms with Crippen LogP contribution >= 0.6 is 15.9 Å². The Kier molecular flexibility index (Phi) is 4.43. The smallest absolute Gasteiger partial charge is 0.153 e. The third-order valence-corrected chi connectivity index (χ3v) is 3.93. The lowest BCUT2D eigenvalue weighted by atomic mass is 10.2. The van der Waals surface area contributed by atoms with E-state index in [1.54, 1.807) is 10.9 Å². The van der Waals surface area contributed by atoms with Crippen molar-refractivity contribution < 1.29 is 0 Å². The summed E-state index contributed by atoms with van der Waals surface area (Å²) in [5.41, 5.74) is 2.43. The van der Waals surface area contributed by atoms with Gasteiger partial charge in [0.25, 0.3) is 0 Å². The monoisotopic (exact) mass is 342 g/mol. The fraction of sp³-hybridized carbons (Fsp3) is 0.125. The van der Waals surface area contributed by atoms with E-state index in [1.807, 2.05) is 42.7 Å². The van der Waals surface area contributed by atoms with E-state index in [4.69, 9.17) is 0 Å². The lowest BCUT2D eigenvalue weighted by Crippen LogP contribution is -2.13. The molecule has 3 aromatic rings. The number of aromatic nitrogens is 3. The molecule has 0 aliphatic carbocycles. The number of hydrogen-bond acceptors (Lipinski definition) is 3. The van der Waals surface area contributed by atoms with Gasteiger partial charge in [-0.25, -0.2) is 9.67 Å². The Bertz CT molecular complexity index is 710. The molecule has 21 heavy (non-hydrogen) atoms. The summed E-state index contributed by atoms with van der Waals surface area (Å²) in [5, 5.41) is 7.64. The van der Waals surface area contributed by atoms with Crippen molar-refractivity contribution in [2.75, 3.05) is 0 Å². The highest BCUT2D eigenvalue weighted by atomic mass is 79.9. The number of rotatable bonds is 5. The second-order valence-corrected chi connectivity index (χ2v) is 5.52. The average Bonchev–Trinajstić information content (AvgIpc) is 3.04. The van der Waals surface area contributed by atoms with Gasteiger partial charge in [0.1, 0.15) is 0 Å². The van der Waals surface area contributed by atoms with Gasteiger partial charge in [0, 0.05) is 36.2 Å². The van der Waals surface area contributed by atoms with Gasteiger partial charge in [-0.15, -0.1) is 0 Å². The summed E-state index contributed by atoms with van der Waals surface area (Å²) < 4.78 is 2.89. The molecule has 2 aromatic heterocycles. The maximum Gasteiger partial charge on any atom is 0.153 e. The quantitative estimate of drug-likeness (QED) is 0.773. The van der Waals surface area contributed by atoms with E-state index in [0.29, 0.717) is 0 Å². The molecule has 4 nitrogen and oxygen atoms in total. The van der Waals surface area contributed by atoms with E-state index in [2.05, 4.69) is 43.5 Å². The first-order valence-corrected chi connectivity index (χ1v) is 7.51. The maximum absolute atomic E-state index is 4.33. The van der Waals surface area contributed by atoms with Crippen LogP contribution in [0.25, 0.3) is 5.82 Å². The molecule has 0 spiro atoms. The first-order valence-electron chi connectivity index (χ1n) is 6.72. The molecule has 0 bridgehead atoms. The Balaban J connectivity index is 1.64. The predicted molar refractivity (Wildman–Crippen MR) is 86.0 cm³/mol. The summed E-state index contributed by atoms with van der Waals surface area (Å²) in [6, 6.07) is 14.2. The van der Waals surface area contributed by atoms with Crippen LogP contribution in [0.2, 0.25) is 0 Å². The van der Waals surface area contributed by atoms with Gasteiger partial charge in [-0.2, -0.15) is 5.10 Å². The molecule has 0 unspecified atom stereocenters. The summed E-state index contributed by atoms with van der Waals surface area (Å²) in [5.74, 6) is 0.834. The van der Waals surface area contributed by atoms with E-state index in [-0.39, 0.29) is 0 Å². The second-order valence-electron chi connectivity index (χ2n) is 4.67. The number of hydrogen-bond donors (Lipinski definition) is 1. The number of nitrogens with one attached hydrogen (secondary N) is 1. The molecular formula is C16H15BrN4. The van der Waals surface area contributed by atoms with Crippen molar-refractivity contribution in [3.05, 3.63) is 76.7 Å². The van der Waals surface area contributed by atoms with Gasteiger partial charge >= 0.3 is 0 Å². The molecule has 0 saturated heterocycles. The highest BCUT2D eigenvalue weighted by Crippen LogP contribution is 2.15. The first-order chi connectivity index (χ1) is 10.3. The predicted octanol–water partition coefficient (Wildman–Crippen LogP) is 3.32. The summed E-state index contributed by atoms with van der Waals surface area (Å²) in [7, 11) is 0. The van der Waals surface area contributed by atoms with Crippen molar-refractivity contribution in [3.8, 4) is 5.82 Å². The molecule has 0 amide bonds. The number of halogens is 1. The molecule has 0 saturated carbocycles. The Hall–Kier alpha value is -1.98. The largest absolute Gasteiger partial charge is 0.309 e. The molecule has 0 aliphatic rings. The molecule has 0 radical (unpaired) electrons. The van der Waals surface area contributed by atoms with E-state index in [1.165, 1.54) is 11.1 Å². The summed E-state index contributed by atoms with van der Waals surface area (Å²) in [4.78, 5) is 4.33. The van der Waals surface area contributed by atoms with Gasteiger partial charge in [0.05, 0.1) is 0 Å². The highest BCUT2D eigenvalue weighted by Gasteiger charge is 2.01. The SMILES string of the molecule is Brc1ccccc1CNCc1ccnc(-n2cccn2)c1. The lowest BCUT2D eigenvalue weighted by molar-refractivity contribution is 0.689. The van der Waals surface area contributed by atoms with Crippen LogP contribution in [0.15, 0.2) is 65.5 Å². The topological polar surface area (TPSA) is 42.7 Å². The van der Waals surface area contributed by atoms with Crippen LogP contribution in [-0.2, 0) is 13.1 Å². The fourth-order valence-electron chi connectivity index (χ4n) is 2.08. The first kappa shape index (κ1) is 14.0. The van der Waals surface area contributed by atoms with Crippen LogP contribution in [0.4, 0.5) is 0 Å². The van der Waals surface area contributed by atoms with Crippen molar-refractivity contribution in [3.63, 3.8) is 0 Å². The van der Waals surface area contributed by atoms with Crippen LogP contribution < -0.4 is 5.32 Å². The Labute approximate surface area is 132 Å². The Morgan fingerprint density at radius 1 is 1.05 bits per heavy atom. The van der Waals surface area contributed by atoms with E-state index >= 15 is 0 Å². The van der Waals surface area contributed by atoms with Gasteiger partial charge in [0.15, 0.2) is 5.82 Å². The molecular weight excluding hydrogens is 328 g/mol.